The molecule has 5 heteroatoms. The number of anilines is 1. The number of quaternary nitrogens is 1. The van der Waals surface area contributed by atoms with Gasteiger partial charge in [0.1, 0.15) is 17.6 Å². The van der Waals surface area contributed by atoms with Crippen LogP contribution in [0, 0.1) is 11.3 Å². The molecule has 1 aliphatic rings. The maximum absolute atomic E-state index is 11.1. The first-order valence-electron chi connectivity index (χ1n) is 6.19. The van der Waals surface area contributed by atoms with Gasteiger partial charge < -0.3 is 10.2 Å². The van der Waals surface area contributed by atoms with Gasteiger partial charge in [-0.05, 0) is 19.4 Å². The summed E-state index contributed by atoms with van der Waals surface area (Å²) in [5, 5.41) is 12.7. The highest BCUT2D eigenvalue weighted by Crippen LogP contribution is 2.34. The predicted octanol–water partition coefficient (Wildman–Crippen LogP) is 0.928. The molecule has 0 radical (unpaired) electrons. The summed E-state index contributed by atoms with van der Waals surface area (Å²) in [4.78, 5) is 13.9. The molecule has 2 N–H and O–H groups in total. The van der Waals surface area contributed by atoms with E-state index in [0.717, 1.165) is 30.1 Å². The molecule has 1 aromatic heterocycles. The van der Waals surface area contributed by atoms with Crippen molar-refractivity contribution in [2.45, 2.75) is 39.8 Å². The van der Waals surface area contributed by atoms with Crippen LogP contribution >= 0.6 is 11.3 Å². The van der Waals surface area contributed by atoms with Crippen molar-refractivity contribution in [3.05, 3.63) is 16.0 Å². The van der Waals surface area contributed by atoms with Crippen LogP contribution in [0.25, 0.3) is 0 Å². The highest BCUT2D eigenvalue weighted by Gasteiger charge is 2.28. The Kier molecular flexibility index (Phi) is 3.69. The van der Waals surface area contributed by atoms with Crippen LogP contribution in [0.4, 0.5) is 5.00 Å². The van der Waals surface area contributed by atoms with Crippen molar-refractivity contribution in [3.8, 4) is 6.07 Å². The van der Waals surface area contributed by atoms with E-state index in [9.17, 15) is 10.1 Å². The molecule has 0 saturated carbocycles. The van der Waals surface area contributed by atoms with Crippen LogP contribution < -0.4 is 10.2 Å². The Morgan fingerprint density at radius 1 is 1.56 bits per heavy atom. The third-order valence-electron chi connectivity index (χ3n) is 3.39. The van der Waals surface area contributed by atoms with Gasteiger partial charge >= 0.3 is 0 Å². The van der Waals surface area contributed by atoms with Crippen LogP contribution in [-0.2, 0) is 17.8 Å². The molecular weight excluding hydrogens is 246 g/mol. The number of nitrogens with one attached hydrogen (secondary N) is 2. The molecule has 18 heavy (non-hydrogen) atoms. The average Bonchev–Trinajstić information content (AvgIpc) is 2.63. The molecule has 0 saturated heterocycles. The zero-order valence-corrected chi connectivity index (χ0v) is 11.8. The summed E-state index contributed by atoms with van der Waals surface area (Å²) in [7, 11) is 0. The maximum atomic E-state index is 11.1. The fraction of sp³-hybridized carbons (Fsp3) is 0.538. The van der Waals surface area contributed by atoms with Gasteiger partial charge in [-0.3, -0.25) is 4.79 Å². The Morgan fingerprint density at radius 2 is 2.28 bits per heavy atom. The summed E-state index contributed by atoms with van der Waals surface area (Å²) >= 11 is 1.56. The summed E-state index contributed by atoms with van der Waals surface area (Å²) < 4.78 is 0. The average molecular weight is 264 g/mol. The number of carbonyl (C=O) groups excluding carboxylic acids is 1. The third-order valence-corrected chi connectivity index (χ3v) is 4.54. The number of amides is 1. The van der Waals surface area contributed by atoms with Crippen molar-refractivity contribution in [1.29, 1.82) is 5.26 Å². The van der Waals surface area contributed by atoms with Crippen molar-refractivity contribution in [1.82, 2.24) is 0 Å². The van der Waals surface area contributed by atoms with Crippen LogP contribution in [0.15, 0.2) is 0 Å². The number of carbonyl (C=O) groups is 1. The van der Waals surface area contributed by atoms with E-state index in [1.54, 1.807) is 16.2 Å². The molecule has 1 unspecified atom stereocenters. The van der Waals surface area contributed by atoms with Crippen molar-refractivity contribution in [2.24, 2.45) is 0 Å². The summed E-state index contributed by atoms with van der Waals surface area (Å²) in [5.74, 6) is -0.113. The van der Waals surface area contributed by atoms with Crippen LogP contribution in [0.2, 0.25) is 0 Å². The van der Waals surface area contributed by atoms with Crippen LogP contribution in [0.5, 0.6) is 0 Å². The number of thiophene rings is 1. The smallest absolute Gasteiger partial charge is 0.221 e. The van der Waals surface area contributed by atoms with Crippen molar-refractivity contribution < 1.29 is 9.69 Å². The molecule has 1 aromatic rings. The quantitative estimate of drug-likeness (QED) is 0.835. The lowest BCUT2D eigenvalue weighted by atomic mass is 10.0. The molecule has 2 heterocycles. The molecule has 0 aliphatic carbocycles. The minimum absolute atomic E-state index is 0.113. The molecule has 96 valence electrons. The predicted molar refractivity (Wildman–Crippen MR) is 71.7 cm³/mol. The monoisotopic (exact) mass is 264 g/mol. The Hall–Kier alpha value is -1.38. The van der Waals surface area contributed by atoms with Gasteiger partial charge in [-0.25, -0.2) is 0 Å². The van der Waals surface area contributed by atoms with Crippen LogP contribution in [0.1, 0.15) is 36.8 Å². The maximum Gasteiger partial charge on any atom is 0.221 e. The first kappa shape index (κ1) is 13.1. The molecule has 0 aromatic carbocycles. The van der Waals surface area contributed by atoms with E-state index in [-0.39, 0.29) is 5.91 Å². The number of hydrogen-bond donors (Lipinski definition) is 2. The molecular formula is C13H18N3OS+. The number of rotatable bonds is 2. The molecule has 0 fully saturated rings. The second-order valence-electron chi connectivity index (χ2n) is 4.99. The second-order valence-corrected chi connectivity index (χ2v) is 6.10. The topological polar surface area (TPSA) is 57.3 Å². The lowest BCUT2D eigenvalue weighted by Gasteiger charge is -2.27. The standard InChI is InChI=1S/C13H17N3OS/c1-8(2)16-5-4-10-11(6-14)13(15-9(3)17)18-12(10)7-16/h8H,4-5,7H2,1-3H3,(H,15,17)/p+1. The largest absolute Gasteiger partial charge is 0.328 e. The van der Waals surface area contributed by atoms with E-state index in [1.807, 2.05) is 0 Å². The van der Waals surface area contributed by atoms with Crippen molar-refractivity contribution in [3.63, 3.8) is 0 Å². The zero-order valence-electron chi connectivity index (χ0n) is 11.0. The first-order chi connectivity index (χ1) is 8.52. The van der Waals surface area contributed by atoms with E-state index in [2.05, 4.69) is 25.2 Å². The van der Waals surface area contributed by atoms with E-state index in [1.165, 1.54) is 11.8 Å². The normalized spacial score (nSPS) is 18.3. The Morgan fingerprint density at radius 3 is 2.83 bits per heavy atom. The highest BCUT2D eigenvalue weighted by molar-refractivity contribution is 7.16. The van der Waals surface area contributed by atoms with E-state index in [4.69, 9.17) is 0 Å². The second kappa shape index (κ2) is 5.09. The first-order valence-corrected chi connectivity index (χ1v) is 7.01. The molecule has 0 bridgehead atoms. The van der Waals surface area contributed by atoms with Crippen molar-refractivity contribution in [2.75, 3.05) is 11.9 Å². The lowest BCUT2D eigenvalue weighted by Crippen LogP contribution is -3.14. The van der Waals surface area contributed by atoms with Gasteiger partial charge in [-0.2, -0.15) is 5.26 Å². The number of hydrogen-bond acceptors (Lipinski definition) is 3. The van der Waals surface area contributed by atoms with E-state index in [0.29, 0.717) is 11.6 Å². The molecule has 4 nitrogen and oxygen atoms in total. The minimum Gasteiger partial charge on any atom is -0.328 e. The molecule has 2 rings (SSSR count). The van der Waals surface area contributed by atoms with Gasteiger partial charge in [0.15, 0.2) is 0 Å². The summed E-state index contributed by atoms with van der Waals surface area (Å²) in [6, 6.07) is 2.83. The molecule has 1 atom stereocenters. The Bertz CT molecular complexity index is 513. The van der Waals surface area contributed by atoms with Gasteiger partial charge in [0.25, 0.3) is 0 Å². The van der Waals surface area contributed by atoms with E-state index < -0.39 is 0 Å². The van der Waals surface area contributed by atoms with Gasteiger partial charge in [0, 0.05) is 13.3 Å². The van der Waals surface area contributed by atoms with E-state index >= 15 is 0 Å². The van der Waals surface area contributed by atoms with Crippen molar-refractivity contribution >= 4 is 22.2 Å². The summed E-state index contributed by atoms with van der Waals surface area (Å²) in [5.41, 5.74) is 1.82. The third kappa shape index (κ3) is 2.40. The minimum atomic E-state index is -0.113. The van der Waals surface area contributed by atoms with Gasteiger partial charge in [0.2, 0.25) is 5.91 Å². The van der Waals surface area contributed by atoms with Gasteiger partial charge in [0.05, 0.1) is 23.0 Å². The molecule has 1 amide bonds. The van der Waals surface area contributed by atoms with Crippen LogP contribution in [-0.4, -0.2) is 18.5 Å². The Labute approximate surface area is 111 Å². The fourth-order valence-electron chi connectivity index (χ4n) is 2.36. The number of nitrogens with zero attached hydrogens (tertiary/aromatic N) is 1. The van der Waals surface area contributed by atoms with Gasteiger partial charge in [-0.1, -0.05) is 0 Å². The fourth-order valence-corrected chi connectivity index (χ4v) is 3.66. The zero-order chi connectivity index (χ0) is 13.3. The van der Waals surface area contributed by atoms with Gasteiger partial charge in [-0.15, -0.1) is 11.3 Å². The summed E-state index contributed by atoms with van der Waals surface area (Å²) in [6.07, 6.45) is 0.932. The SMILES string of the molecule is CC(=O)Nc1sc2c(c1C#N)CC[NH+](C(C)C)C2. The number of fused-ring (bicyclic) bond motifs is 1. The summed E-state index contributed by atoms with van der Waals surface area (Å²) in [6.45, 7) is 7.94. The number of nitriles is 1. The highest BCUT2D eigenvalue weighted by atomic mass is 32.1. The molecule has 1 aliphatic heterocycles. The van der Waals surface area contributed by atoms with Crippen LogP contribution in [0.3, 0.4) is 0 Å². The lowest BCUT2D eigenvalue weighted by molar-refractivity contribution is -0.936. The molecule has 0 spiro atoms. The Balaban J connectivity index is 2.33.